The predicted molar refractivity (Wildman–Crippen MR) is 240 cm³/mol. The number of carbonyl (C=O) groups is 2. The van der Waals surface area contributed by atoms with Gasteiger partial charge in [-0.2, -0.15) is 5.10 Å². The summed E-state index contributed by atoms with van der Waals surface area (Å²) in [7, 11) is 1.60. The lowest BCUT2D eigenvalue weighted by Gasteiger charge is -2.28. The molecule has 314 valence electrons. The first-order valence-electron chi connectivity index (χ1n) is 19.8. The van der Waals surface area contributed by atoms with Crippen LogP contribution in [0.4, 0.5) is 5.69 Å². The molecule has 0 radical (unpaired) electrons. The van der Waals surface area contributed by atoms with Crippen LogP contribution in [0, 0.1) is 6.92 Å². The summed E-state index contributed by atoms with van der Waals surface area (Å²) in [5.41, 5.74) is 6.62. The van der Waals surface area contributed by atoms with Crippen molar-refractivity contribution in [3.8, 4) is 17.2 Å². The Labute approximate surface area is 364 Å². The number of nitrogens with one attached hydrogen (secondary N) is 2. The monoisotopic (exact) mass is 860 g/mol. The molecule has 0 saturated heterocycles. The van der Waals surface area contributed by atoms with Gasteiger partial charge in [0, 0.05) is 51.1 Å². The van der Waals surface area contributed by atoms with E-state index in [4.69, 9.17) is 48.5 Å². The quantitative estimate of drug-likeness (QED) is 0.0602. The van der Waals surface area contributed by atoms with Crippen LogP contribution in [-0.2, 0) is 9.59 Å². The maximum Gasteiger partial charge on any atom is 0.222 e. The number of benzene rings is 4. The fraction of sp³-hybridized carbons (Fsp3) is 0.267. The fourth-order valence-electron chi connectivity index (χ4n) is 7.42. The van der Waals surface area contributed by atoms with Crippen LogP contribution in [0.25, 0.3) is 5.69 Å². The number of hydrogen-bond acceptors (Lipinski definition) is 10. The Bertz CT molecular complexity index is 2550. The Morgan fingerprint density at radius 2 is 1.39 bits per heavy atom. The fourth-order valence-corrected chi connectivity index (χ4v) is 7.68. The van der Waals surface area contributed by atoms with E-state index in [1.807, 2.05) is 90.9 Å². The number of aliphatic imine (C=N–C) groups is 2. The zero-order valence-electron chi connectivity index (χ0n) is 34.3. The molecular formula is C45H46Cl2N10O4. The van der Waals surface area contributed by atoms with Gasteiger partial charge in [-0.25, -0.2) is 0 Å². The minimum Gasteiger partial charge on any atom is -0.497 e. The molecule has 5 aromatic rings. The molecule has 2 aliphatic heterocycles. The van der Waals surface area contributed by atoms with Crippen molar-refractivity contribution in [2.75, 3.05) is 31.7 Å². The first-order chi connectivity index (χ1) is 29.5. The van der Waals surface area contributed by atoms with E-state index in [0.717, 1.165) is 33.6 Å². The first-order valence-corrected chi connectivity index (χ1v) is 20.6. The van der Waals surface area contributed by atoms with Crippen LogP contribution in [0.2, 0.25) is 10.0 Å². The summed E-state index contributed by atoms with van der Waals surface area (Å²) >= 11 is 12.5. The number of hydrazone groups is 1. The maximum absolute atomic E-state index is 13.6. The predicted octanol–water partition coefficient (Wildman–Crippen LogP) is 7.12. The van der Waals surface area contributed by atoms with Gasteiger partial charge in [0.2, 0.25) is 11.8 Å². The van der Waals surface area contributed by atoms with Crippen molar-refractivity contribution in [3.63, 3.8) is 0 Å². The van der Waals surface area contributed by atoms with Gasteiger partial charge in [0.15, 0.2) is 11.7 Å². The summed E-state index contributed by atoms with van der Waals surface area (Å²) in [6.45, 7) is 10.9. The molecule has 1 aromatic heterocycles. The van der Waals surface area contributed by atoms with Crippen molar-refractivity contribution >= 4 is 58.0 Å². The molecule has 0 spiro atoms. The highest BCUT2D eigenvalue weighted by Crippen LogP contribution is 2.36. The third kappa shape index (κ3) is 9.30. The van der Waals surface area contributed by atoms with E-state index in [0.29, 0.717) is 82.3 Å². The van der Waals surface area contributed by atoms with Crippen molar-refractivity contribution in [1.29, 1.82) is 0 Å². The van der Waals surface area contributed by atoms with Gasteiger partial charge in [-0.15, -0.1) is 10.2 Å². The second-order valence-electron chi connectivity index (χ2n) is 14.5. The number of ether oxygens (including phenoxy) is 2. The Balaban J connectivity index is 1.08. The standard InChI is InChI=1S/C45H46Cl2N10O4/c1-6-49-40(58)25-37-45-55-54-27(4)57(45)39-19-17-33(23-35(39)43(52-37)29-10-14-31(47)15-11-29)61-21-7-20-50-41(59)24-36-44(53-48)56(26(2)3)38-18-16-32(60-5)22-34(38)42(51-36)28-8-12-30(46)13-9-28/h8-19,22-23,36-37H,2,6-7,20-21,24-25,48H2,1,3-5H3,(H,49,58)(H,50,59)/b53-44-/t36-,37-/m0/s1. The van der Waals surface area contributed by atoms with E-state index >= 15 is 0 Å². The zero-order valence-corrected chi connectivity index (χ0v) is 35.8. The van der Waals surface area contributed by atoms with E-state index in [-0.39, 0.29) is 24.7 Å². The SMILES string of the molecule is C=C(C)N1/C(=N\N)[C@H](CC(=O)NCCCOc2ccc3c(c2)C(c2ccc(Cl)cc2)=N[C@@H](CC(=O)NCC)c2nnc(C)n2-3)N=C(c2ccc(Cl)cc2)c2cc(OC)ccc21. The topological polar surface area (TPSA) is 174 Å². The van der Waals surface area contributed by atoms with Crippen molar-refractivity contribution < 1.29 is 19.1 Å². The van der Waals surface area contributed by atoms with Gasteiger partial charge in [0.05, 0.1) is 49.4 Å². The van der Waals surface area contributed by atoms with Crippen molar-refractivity contribution in [2.24, 2.45) is 20.9 Å². The van der Waals surface area contributed by atoms with Crippen molar-refractivity contribution in [3.05, 3.63) is 141 Å². The van der Waals surface area contributed by atoms with Crippen LogP contribution >= 0.6 is 23.2 Å². The number of nitrogens with zero attached hydrogens (tertiary/aromatic N) is 7. The van der Waals surface area contributed by atoms with Gasteiger partial charge in [0.25, 0.3) is 0 Å². The number of anilines is 1. The third-order valence-corrected chi connectivity index (χ3v) is 10.7. The minimum atomic E-state index is -0.756. The molecule has 0 aliphatic carbocycles. The Hall–Kier alpha value is -6.51. The number of hydrogen-bond donors (Lipinski definition) is 3. The lowest BCUT2D eigenvalue weighted by Crippen LogP contribution is -2.40. The summed E-state index contributed by atoms with van der Waals surface area (Å²) in [5.74, 6) is 8.50. The van der Waals surface area contributed by atoms with Crippen LogP contribution in [-0.4, -0.2) is 76.7 Å². The minimum absolute atomic E-state index is 0.0356. The molecule has 4 N–H and O–H groups in total. The van der Waals surface area contributed by atoms with Crippen molar-refractivity contribution in [1.82, 2.24) is 25.4 Å². The number of aryl methyl sites for hydroxylation is 1. The third-order valence-electron chi connectivity index (χ3n) is 10.2. The summed E-state index contributed by atoms with van der Waals surface area (Å²) in [4.78, 5) is 38.5. The van der Waals surface area contributed by atoms with Gasteiger partial charge in [-0.3, -0.25) is 29.0 Å². The molecule has 0 bridgehead atoms. The van der Waals surface area contributed by atoms with Crippen LogP contribution in [0.5, 0.6) is 11.5 Å². The van der Waals surface area contributed by atoms with Gasteiger partial charge in [-0.1, -0.05) is 54.0 Å². The average Bonchev–Trinajstić information content (AvgIpc) is 3.50. The number of benzodiazepines with no additional fused rings is 1. The lowest BCUT2D eigenvalue weighted by atomic mass is 9.99. The Morgan fingerprint density at radius 3 is 2.02 bits per heavy atom. The average molecular weight is 862 g/mol. The van der Waals surface area contributed by atoms with Crippen molar-refractivity contribution in [2.45, 2.75) is 52.1 Å². The number of carbonyl (C=O) groups excluding carboxylic acids is 2. The second-order valence-corrected chi connectivity index (χ2v) is 15.3. The highest BCUT2D eigenvalue weighted by Gasteiger charge is 2.33. The number of rotatable bonds is 14. The zero-order chi connectivity index (χ0) is 43.2. The molecule has 16 heteroatoms. The number of halogens is 2. The summed E-state index contributed by atoms with van der Waals surface area (Å²) < 4.78 is 13.8. The molecule has 2 atom stereocenters. The molecule has 7 rings (SSSR count). The summed E-state index contributed by atoms with van der Waals surface area (Å²) in [6.07, 6.45) is 0.569. The molecule has 3 heterocycles. The second kappa shape index (κ2) is 18.8. The molecule has 61 heavy (non-hydrogen) atoms. The van der Waals surface area contributed by atoms with Gasteiger partial charge in [-0.05, 0) is 87.9 Å². The lowest BCUT2D eigenvalue weighted by molar-refractivity contribution is -0.122. The summed E-state index contributed by atoms with van der Waals surface area (Å²) in [6, 6.07) is 24.8. The van der Waals surface area contributed by atoms with E-state index < -0.39 is 12.1 Å². The molecule has 0 fully saturated rings. The number of methoxy groups -OCH3 is 1. The largest absolute Gasteiger partial charge is 0.497 e. The Morgan fingerprint density at radius 1 is 0.820 bits per heavy atom. The van der Waals surface area contributed by atoms with Gasteiger partial charge >= 0.3 is 0 Å². The van der Waals surface area contributed by atoms with E-state index in [9.17, 15) is 9.59 Å². The molecule has 2 aliphatic rings. The van der Waals surface area contributed by atoms with E-state index in [1.54, 1.807) is 31.4 Å². The molecule has 14 nitrogen and oxygen atoms in total. The molecule has 0 unspecified atom stereocenters. The van der Waals surface area contributed by atoms with Crippen LogP contribution < -0.4 is 30.8 Å². The maximum atomic E-state index is 13.6. The molecule has 4 aromatic carbocycles. The van der Waals surface area contributed by atoms with E-state index in [2.05, 4.69) is 32.5 Å². The number of amidine groups is 1. The molecule has 0 saturated carbocycles. The normalized spacial score (nSPS) is 16.2. The highest BCUT2D eigenvalue weighted by atomic mass is 35.5. The highest BCUT2D eigenvalue weighted by molar-refractivity contribution is 6.31. The van der Waals surface area contributed by atoms with Crippen LogP contribution in [0.1, 0.15) is 73.1 Å². The summed E-state index contributed by atoms with van der Waals surface area (Å²) in [5, 5.41) is 20.0. The number of aromatic nitrogens is 3. The van der Waals surface area contributed by atoms with Gasteiger partial charge < -0.3 is 25.9 Å². The smallest absolute Gasteiger partial charge is 0.222 e. The number of nitrogens with two attached hydrogens (primary N) is 1. The van der Waals surface area contributed by atoms with Gasteiger partial charge in [0.1, 0.15) is 29.4 Å². The van der Waals surface area contributed by atoms with Crippen LogP contribution in [0.3, 0.4) is 0 Å². The molecule has 2 amide bonds. The number of amides is 2. The Kier molecular flexibility index (Phi) is 13.1. The van der Waals surface area contributed by atoms with E-state index in [1.165, 1.54) is 0 Å². The first kappa shape index (κ1) is 42.6. The number of allylic oxidation sites excluding steroid dienone is 1. The van der Waals surface area contributed by atoms with Crippen LogP contribution in [0.15, 0.2) is 112 Å². The number of fused-ring (bicyclic) bond motifs is 4. The molecular weight excluding hydrogens is 815 g/mol.